The number of nitrogens with one attached hydrogen (secondary N) is 2. The zero-order valence-electron chi connectivity index (χ0n) is 10.0. The summed E-state index contributed by atoms with van der Waals surface area (Å²) in [7, 11) is 0. The molecule has 1 aliphatic heterocycles. The third kappa shape index (κ3) is 4.74. The number of carbonyl (C=O) groups is 1. The van der Waals surface area contributed by atoms with E-state index in [2.05, 4.69) is 58.4 Å². The molecule has 1 aromatic rings. The minimum Gasteiger partial charge on any atom is -0.323 e. The van der Waals surface area contributed by atoms with Gasteiger partial charge in [-0.05, 0) is 68.8 Å². The Morgan fingerprint density at radius 2 is 1.95 bits per heavy atom. The number of anilines is 1. The van der Waals surface area contributed by atoms with Gasteiger partial charge in [-0.1, -0.05) is 15.9 Å². The average molecular weight is 473 g/mol. The van der Waals surface area contributed by atoms with Crippen molar-refractivity contribution in [1.82, 2.24) is 5.32 Å². The van der Waals surface area contributed by atoms with Crippen molar-refractivity contribution in [2.45, 2.75) is 0 Å². The molecular weight excluding hydrogens is 460 g/mol. The fraction of sp³-hybridized carbons (Fsp3) is 0.417. The van der Waals surface area contributed by atoms with Gasteiger partial charge < -0.3 is 10.6 Å². The first-order chi connectivity index (χ1) is 9.06. The van der Waals surface area contributed by atoms with E-state index in [1.807, 2.05) is 12.1 Å². The summed E-state index contributed by atoms with van der Waals surface area (Å²) in [5.41, 5.74) is 0.777. The summed E-state index contributed by atoms with van der Waals surface area (Å²) >= 11 is 12.0. The van der Waals surface area contributed by atoms with Crippen LogP contribution in [0, 0.1) is 5.92 Å². The van der Waals surface area contributed by atoms with Crippen LogP contribution in [-0.4, -0.2) is 30.5 Å². The van der Waals surface area contributed by atoms with Gasteiger partial charge in [0.25, 0.3) is 0 Å². The van der Waals surface area contributed by atoms with Gasteiger partial charge in [-0.2, -0.15) is 11.8 Å². The summed E-state index contributed by atoms with van der Waals surface area (Å²) in [4.78, 5) is 11.9. The largest absolute Gasteiger partial charge is 0.323 e. The van der Waals surface area contributed by atoms with Crippen LogP contribution in [0.1, 0.15) is 0 Å². The van der Waals surface area contributed by atoms with Crippen LogP contribution in [0.2, 0.25) is 0 Å². The lowest BCUT2D eigenvalue weighted by Gasteiger charge is -2.26. The molecule has 1 aromatic carbocycles. The second kappa shape index (κ2) is 7.45. The van der Waals surface area contributed by atoms with E-state index in [0.717, 1.165) is 43.9 Å². The molecule has 1 aliphatic rings. The number of halogens is 3. The second-order valence-corrected chi connectivity index (χ2v) is 7.99. The van der Waals surface area contributed by atoms with Crippen LogP contribution in [0.15, 0.2) is 25.6 Å². The maximum atomic E-state index is 11.9. The molecule has 0 atom stereocenters. The minimum atomic E-state index is 0.0287. The van der Waals surface area contributed by atoms with Gasteiger partial charge >= 0.3 is 0 Å². The number of carbonyl (C=O) groups excluding carboxylic acids is 1. The van der Waals surface area contributed by atoms with Crippen molar-refractivity contribution in [3.05, 3.63) is 25.6 Å². The van der Waals surface area contributed by atoms with Crippen LogP contribution in [0.3, 0.4) is 0 Å². The second-order valence-electron chi connectivity index (χ2n) is 4.33. The number of benzene rings is 1. The van der Waals surface area contributed by atoms with Crippen LogP contribution in [0.25, 0.3) is 0 Å². The Balaban J connectivity index is 1.84. The molecule has 0 bridgehead atoms. The van der Waals surface area contributed by atoms with Crippen LogP contribution in [0.5, 0.6) is 0 Å². The maximum absolute atomic E-state index is 11.9. The summed E-state index contributed by atoms with van der Waals surface area (Å²) in [5, 5.41) is 6.15. The number of hydrogen-bond acceptors (Lipinski definition) is 3. The summed E-state index contributed by atoms with van der Waals surface area (Å²) < 4.78 is 2.67. The molecule has 0 unspecified atom stereocenters. The Morgan fingerprint density at radius 1 is 1.32 bits per heavy atom. The van der Waals surface area contributed by atoms with Gasteiger partial charge in [-0.25, -0.2) is 0 Å². The molecule has 3 nitrogen and oxygen atoms in total. The lowest BCUT2D eigenvalue weighted by atomic mass is 10.1. The van der Waals surface area contributed by atoms with Crippen molar-refractivity contribution >= 4 is 71.1 Å². The molecule has 19 heavy (non-hydrogen) atoms. The van der Waals surface area contributed by atoms with E-state index in [1.165, 1.54) is 0 Å². The molecule has 0 spiro atoms. The summed E-state index contributed by atoms with van der Waals surface area (Å²) in [6, 6.07) is 3.82. The van der Waals surface area contributed by atoms with Crippen LogP contribution < -0.4 is 10.6 Å². The normalized spacial score (nSPS) is 15.1. The molecule has 2 rings (SSSR count). The van der Waals surface area contributed by atoms with E-state index in [1.54, 1.807) is 11.8 Å². The fourth-order valence-electron chi connectivity index (χ4n) is 1.62. The van der Waals surface area contributed by atoms with E-state index in [9.17, 15) is 4.79 Å². The summed E-state index contributed by atoms with van der Waals surface area (Å²) in [6.07, 6.45) is 0. The van der Waals surface area contributed by atoms with E-state index in [-0.39, 0.29) is 5.91 Å². The third-order valence-electron chi connectivity index (χ3n) is 2.72. The highest BCUT2D eigenvalue weighted by Gasteiger charge is 2.17. The van der Waals surface area contributed by atoms with Crippen molar-refractivity contribution < 1.29 is 4.79 Å². The summed E-state index contributed by atoms with van der Waals surface area (Å²) in [6.45, 7) is 2.16. The number of amides is 1. The lowest BCUT2D eigenvalue weighted by Crippen LogP contribution is -2.43. The predicted molar refractivity (Wildman–Crippen MR) is 91.9 cm³/mol. The predicted octanol–water partition coefficient (Wildman–Crippen LogP) is 3.87. The minimum absolute atomic E-state index is 0.0287. The zero-order valence-corrected chi connectivity index (χ0v) is 15.6. The molecule has 1 heterocycles. The molecule has 0 aliphatic carbocycles. The van der Waals surface area contributed by atoms with Gasteiger partial charge in [-0.15, -0.1) is 0 Å². The number of rotatable bonds is 5. The lowest BCUT2D eigenvalue weighted by molar-refractivity contribution is -0.113. The Morgan fingerprint density at radius 3 is 2.47 bits per heavy atom. The Kier molecular flexibility index (Phi) is 6.20. The van der Waals surface area contributed by atoms with Crippen LogP contribution >= 0.6 is 59.6 Å². The highest BCUT2D eigenvalue weighted by Crippen LogP contribution is 2.34. The molecular formula is C12H13Br3N2OS. The average Bonchev–Trinajstić information content (AvgIpc) is 2.27. The van der Waals surface area contributed by atoms with Crippen molar-refractivity contribution in [2.24, 2.45) is 5.92 Å². The monoisotopic (exact) mass is 470 g/mol. The standard InChI is InChI=1S/C12H13Br3N2OS/c13-8-1-9(14)12(10(15)2-8)17-11(18)6-19-5-7-3-16-4-7/h1-2,7,16H,3-6H2,(H,17,18). The molecule has 1 fully saturated rings. The third-order valence-corrected chi connectivity index (χ3v) is 5.61. The Bertz CT molecular complexity index is 457. The molecule has 0 aromatic heterocycles. The van der Waals surface area contributed by atoms with Gasteiger partial charge in [0.15, 0.2) is 0 Å². The van der Waals surface area contributed by atoms with Gasteiger partial charge in [0, 0.05) is 13.4 Å². The Hall–Kier alpha value is 0.440. The van der Waals surface area contributed by atoms with Gasteiger partial charge in [0.1, 0.15) is 0 Å². The first-order valence-corrected chi connectivity index (χ1v) is 9.32. The molecule has 2 N–H and O–H groups in total. The highest BCUT2D eigenvalue weighted by atomic mass is 79.9. The van der Waals surface area contributed by atoms with E-state index < -0.39 is 0 Å². The van der Waals surface area contributed by atoms with E-state index >= 15 is 0 Å². The smallest absolute Gasteiger partial charge is 0.234 e. The quantitative estimate of drug-likeness (QED) is 0.683. The van der Waals surface area contributed by atoms with Crippen molar-refractivity contribution in [1.29, 1.82) is 0 Å². The number of thioether (sulfide) groups is 1. The van der Waals surface area contributed by atoms with Gasteiger partial charge in [0.2, 0.25) is 5.91 Å². The van der Waals surface area contributed by atoms with Crippen molar-refractivity contribution in [3.8, 4) is 0 Å². The van der Waals surface area contributed by atoms with Crippen molar-refractivity contribution in [3.63, 3.8) is 0 Å². The van der Waals surface area contributed by atoms with E-state index in [4.69, 9.17) is 0 Å². The SMILES string of the molecule is O=C(CSCC1CNC1)Nc1c(Br)cc(Br)cc1Br. The highest BCUT2D eigenvalue weighted by molar-refractivity contribution is 9.11. The van der Waals surface area contributed by atoms with Crippen LogP contribution in [0.4, 0.5) is 5.69 Å². The maximum Gasteiger partial charge on any atom is 0.234 e. The first kappa shape index (κ1) is 15.8. The molecule has 0 radical (unpaired) electrons. The van der Waals surface area contributed by atoms with Crippen LogP contribution in [-0.2, 0) is 4.79 Å². The molecule has 1 saturated heterocycles. The molecule has 7 heteroatoms. The number of hydrogen-bond donors (Lipinski definition) is 2. The molecule has 1 amide bonds. The zero-order chi connectivity index (χ0) is 13.8. The first-order valence-electron chi connectivity index (χ1n) is 5.79. The fourth-order valence-corrected chi connectivity index (χ4v) is 5.02. The topological polar surface area (TPSA) is 41.1 Å². The van der Waals surface area contributed by atoms with Crippen molar-refractivity contribution in [2.75, 3.05) is 29.9 Å². The Labute approximate surface area is 142 Å². The van der Waals surface area contributed by atoms with E-state index in [0.29, 0.717) is 5.75 Å². The van der Waals surface area contributed by atoms with Gasteiger partial charge in [-0.3, -0.25) is 4.79 Å². The molecule has 0 saturated carbocycles. The van der Waals surface area contributed by atoms with Gasteiger partial charge in [0.05, 0.1) is 11.4 Å². The summed E-state index contributed by atoms with van der Waals surface area (Å²) in [5.74, 6) is 2.29. The molecule has 104 valence electrons.